The van der Waals surface area contributed by atoms with Crippen LogP contribution in [0.25, 0.3) is 11.0 Å². The number of hydrogen-bond acceptors (Lipinski definition) is 15. The predicted octanol–water partition coefficient (Wildman–Crippen LogP) is 7.00. The van der Waals surface area contributed by atoms with E-state index in [0.717, 1.165) is 120 Å². The number of ether oxygens (including phenoxy) is 4. The first kappa shape index (κ1) is 48.7. The summed E-state index contributed by atoms with van der Waals surface area (Å²) in [4.78, 5) is 43.4. The summed E-state index contributed by atoms with van der Waals surface area (Å²) in [7, 11) is -4.60. The van der Waals surface area contributed by atoms with E-state index in [0.29, 0.717) is 68.0 Å². The second-order valence-electron chi connectivity index (χ2n) is 21.1. The highest BCUT2D eigenvalue weighted by Gasteiger charge is 2.50. The van der Waals surface area contributed by atoms with Gasteiger partial charge in [-0.15, -0.1) is 0 Å². The van der Waals surface area contributed by atoms with Gasteiger partial charge in [-0.2, -0.15) is 4.98 Å². The Kier molecular flexibility index (Phi) is 13.4. The molecule has 1 saturated carbocycles. The van der Waals surface area contributed by atoms with Gasteiger partial charge in [0.2, 0.25) is 5.88 Å². The molecule has 1 spiro atoms. The Bertz CT molecular complexity index is 3090. The smallest absolute Gasteiger partial charge is 0.293 e. The van der Waals surface area contributed by atoms with Gasteiger partial charge < -0.3 is 39.0 Å². The van der Waals surface area contributed by atoms with Crippen LogP contribution in [-0.4, -0.2) is 143 Å². The van der Waals surface area contributed by atoms with E-state index in [4.69, 9.17) is 23.9 Å². The van der Waals surface area contributed by atoms with E-state index in [1.165, 1.54) is 24.1 Å². The van der Waals surface area contributed by atoms with E-state index < -0.39 is 37.5 Å². The first-order chi connectivity index (χ1) is 36.1. The predicted molar refractivity (Wildman–Crippen MR) is 280 cm³/mol. The molecular weight excluding hydrogens is 963 g/mol. The molecule has 3 atom stereocenters. The third-order valence-electron chi connectivity index (χ3n) is 16.7. The first-order valence-electron chi connectivity index (χ1n) is 26.3. The zero-order valence-corrected chi connectivity index (χ0v) is 42.3. The zero-order valence-electron chi connectivity index (χ0n) is 41.5. The van der Waals surface area contributed by atoms with Crippen molar-refractivity contribution < 1.29 is 37.1 Å². The van der Waals surface area contributed by atoms with Crippen LogP contribution in [0.2, 0.25) is 0 Å². The van der Waals surface area contributed by atoms with Gasteiger partial charge in [0, 0.05) is 86.9 Å². The lowest BCUT2D eigenvalue weighted by atomic mass is 9.59. The van der Waals surface area contributed by atoms with Gasteiger partial charge in [-0.1, -0.05) is 30.0 Å². The number of fused-ring (bicyclic) bond motifs is 3. The highest BCUT2D eigenvalue weighted by Crippen LogP contribution is 2.54. The number of piperidine rings is 1. The molecule has 0 bridgehead atoms. The lowest BCUT2D eigenvalue weighted by Crippen LogP contribution is -2.55. The van der Waals surface area contributed by atoms with Crippen LogP contribution >= 0.6 is 0 Å². The fourth-order valence-corrected chi connectivity index (χ4v) is 13.5. The molecule has 5 aromatic rings. The topological polar surface area (TPSA) is 197 Å². The number of nitrogens with one attached hydrogen (secondary N) is 3. The molecule has 5 saturated heterocycles. The van der Waals surface area contributed by atoms with Crippen LogP contribution in [0.15, 0.2) is 83.9 Å². The minimum Gasteiger partial charge on any atom is -0.468 e. The van der Waals surface area contributed by atoms with Gasteiger partial charge in [-0.3, -0.25) is 24.7 Å². The summed E-state index contributed by atoms with van der Waals surface area (Å²) >= 11 is 0. The van der Waals surface area contributed by atoms with Crippen LogP contribution in [0, 0.1) is 33.3 Å². The average Bonchev–Trinajstić information content (AvgIpc) is 4.21. The Hall–Kier alpha value is -6.27. The molecule has 388 valence electrons. The number of carbonyl (C=O) groups is 1. The Balaban J connectivity index is 0.785. The number of anilines is 4. The van der Waals surface area contributed by atoms with Gasteiger partial charge in [-0.25, -0.2) is 13.1 Å². The molecule has 0 unspecified atom stereocenters. The molecule has 7 aliphatic rings. The van der Waals surface area contributed by atoms with Crippen molar-refractivity contribution in [1.29, 1.82) is 0 Å². The Morgan fingerprint density at radius 1 is 0.892 bits per heavy atom. The molecule has 3 N–H and O–H groups in total. The van der Waals surface area contributed by atoms with E-state index in [1.807, 2.05) is 35.4 Å². The maximum Gasteiger partial charge on any atom is 0.293 e. The van der Waals surface area contributed by atoms with Crippen molar-refractivity contribution in [2.24, 2.45) is 11.3 Å². The van der Waals surface area contributed by atoms with Gasteiger partial charge in [0.1, 0.15) is 23.1 Å². The third-order valence-corrected chi connectivity index (χ3v) is 18.0. The number of nitro benzene ring substituents is 1. The summed E-state index contributed by atoms with van der Waals surface area (Å²) in [5.74, 6) is 6.77. The monoisotopic (exact) mass is 1030 g/mol. The fraction of sp³-hybridized carbons (Fsp3) is 0.491. The number of sulfonamides is 1. The van der Waals surface area contributed by atoms with E-state index in [-0.39, 0.29) is 28.6 Å². The van der Waals surface area contributed by atoms with Crippen LogP contribution in [0.5, 0.6) is 5.88 Å². The molecule has 0 radical (unpaired) electrons. The van der Waals surface area contributed by atoms with Crippen molar-refractivity contribution in [1.82, 2.24) is 24.5 Å². The summed E-state index contributed by atoms with van der Waals surface area (Å²) in [6.45, 7) is 9.25. The number of H-pyrrole nitrogens is 1. The van der Waals surface area contributed by atoms with Crippen LogP contribution < -0.4 is 24.6 Å². The molecule has 19 heteroatoms. The number of nitro groups is 1. The standard InChI is InChI=1S/C55H63N9O9S/c65-53(59-74(68,69)42-10-12-45(48(31-42)64(66)67)57-34-37-14-25-70-26-15-37)44-11-9-40(30-47(44)63-49-29-39-13-18-56-52(39)58-54(49)73-51-36-72-35-50(51)63)61-21-16-55(17-22-61)32-41(33-55)62-20-4-8-46(62)43-7-2-1-5-38(43)6-3-19-60-23-27-71-28-24-60/h1-2,5,7,9-13,18,29-31,37,41,46,50-51,57H,4,8,14-17,19-28,32-36H2,(H,56,58)(H,59,65)/t46-,50+,51+/m0/s1. The van der Waals surface area contributed by atoms with Crippen molar-refractivity contribution in [3.05, 3.63) is 106 Å². The lowest BCUT2D eigenvalue weighted by Gasteiger charge is -2.56. The van der Waals surface area contributed by atoms with Gasteiger partial charge in [0.15, 0.2) is 0 Å². The second kappa shape index (κ2) is 20.5. The Labute approximate surface area is 431 Å². The molecule has 1 amide bonds. The highest BCUT2D eigenvalue weighted by molar-refractivity contribution is 7.90. The third kappa shape index (κ3) is 9.67. The number of rotatable bonds is 12. The van der Waals surface area contributed by atoms with E-state index in [2.05, 4.69) is 65.8 Å². The van der Waals surface area contributed by atoms with E-state index >= 15 is 0 Å². The summed E-state index contributed by atoms with van der Waals surface area (Å²) < 4.78 is 53.9. The SMILES string of the molecule is O=C(NS(=O)(=O)c1ccc(NCC2CCOCC2)c([N+](=O)[O-])c1)c1ccc(N2CCC3(CC2)CC(N2CCC[C@H]2c2ccccc2C#CCN2CCOCC2)C3)cc1N1c2cc3cc[nH]c3nc2O[C@@H]2COC[C@H]21. The molecule has 6 fully saturated rings. The van der Waals surface area contributed by atoms with Crippen LogP contribution in [0.1, 0.15) is 78.9 Å². The molecule has 2 aromatic heterocycles. The first-order valence-corrected chi connectivity index (χ1v) is 27.8. The number of amides is 1. The van der Waals surface area contributed by atoms with Crippen LogP contribution in [0.4, 0.5) is 28.4 Å². The van der Waals surface area contributed by atoms with Crippen molar-refractivity contribution in [2.75, 3.05) is 101 Å². The lowest BCUT2D eigenvalue weighted by molar-refractivity contribution is -0.384. The second-order valence-corrected chi connectivity index (χ2v) is 22.8. The van der Waals surface area contributed by atoms with Gasteiger partial charge >= 0.3 is 0 Å². The number of nitrogens with zero attached hydrogens (tertiary/aromatic N) is 6. The number of carbonyl (C=O) groups excluding carboxylic acids is 1. The number of hydrogen-bond donors (Lipinski definition) is 3. The number of pyridine rings is 1. The zero-order chi connectivity index (χ0) is 50.4. The number of aromatic nitrogens is 2. The minimum absolute atomic E-state index is 0.106. The fourth-order valence-electron chi connectivity index (χ4n) is 12.5. The molecule has 1 aliphatic carbocycles. The van der Waals surface area contributed by atoms with Crippen molar-refractivity contribution in [3.63, 3.8) is 0 Å². The Morgan fingerprint density at radius 2 is 1.70 bits per heavy atom. The number of morpholine rings is 1. The summed E-state index contributed by atoms with van der Waals surface area (Å²) in [6.07, 6.45) is 9.74. The molecule has 12 rings (SSSR count). The summed E-state index contributed by atoms with van der Waals surface area (Å²) in [5.41, 5.74) is 5.30. The van der Waals surface area contributed by atoms with E-state index in [9.17, 15) is 23.3 Å². The van der Waals surface area contributed by atoms with Gasteiger partial charge in [0.05, 0.1) is 60.1 Å². The maximum absolute atomic E-state index is 14.6. The van der Waals surface area contributed by atoms with Crippen molar-refractivity contribution in [2.45, 2.75) is 80.5 Å². The maximum atomic E-state index is 14.6. The number of likely N-dealkylation sites (tertiary alicyclic amines) is 1. The molecule has 18 nitrogen and oxygen atoms in total. The van der Waals surface area contributed by atoms with E-state index in [1.54, 1.807) is 6.07 Å². The van der Waals surface area contributed by atoms with Crippen molar-refractivity contribution >= 4 is 55.4 Å². The molecule has 6 aliphatic heterocycles. The molecule has 74 heavy (non-hydrogen) atoms. The minimum atomic E-state index is -4.60. The number of benzene rings is 3. The quantitative estimate of drug-likeness (QED) is 0.0656. The summed E-state index contributed by atoms with van der Waals surface area (Å²) in [5, 5.41) is 16.3. The van der Waals surface area contributed by atoms with Gasteiger partial charge in [-0.05, 0) is 123 Å². The van der Waals surface area contributed by atoms with Crippen molar-refractivity contribution in [3.8, 4) is 17.7 Å². The largest absolute Gasteiger partial charge is 0.468 e. The molecular formula is C55H63N9O9S. The number of aromatic amines is 1. The summed E-state index contributed by atoms with van der Waals surface area (Å²) in [6, 6.07) is 22.4. The molecule has 8 heterocycles. The van der Waals surface area contributed by atoms with Gasteiger partial charge in [0.25, 0.3) is 21.6 Å². The average molecular weight is 1030 g/mol. The van der Waals surface area contributed by atoms with Crippen LogP contribution in [0.3, 0.4) is 0 Å². The normalized spacial score (nSPS) is 23.4. The highest BCUT2D eigenvalue weighted by atomic mass is 32.2. The van der Waals surface area contributed by atoms with Crippen LogP contribution in [-0.2, 0) is 24.2 Å². The Morgan fingerprint density at radius 3 is 2.53 bits per heavy atom. The molecule has 3 aromatic carbocycles.